The van der Waals surface area contributed by atoms with E-state index >= 15 is 0 Å². The number of carbonyl (C=O) groups is 1. The summed E-state index contributed by atoms with van der Waals surface area (Å²) in [5.41, 5.74) is 6.12. The smallest absolute Gasteiger partial charge is 0.271 e. The van der Waals surface area contributed by atoms with Crippen LogP contribution in [0.3, 0.4) is 0 Å². The van der Waals surface area contributed by atoms with Crippen LogP contribution < -0.4 is 10.2 Å². The van der Waals surface area contributed by atoms with Gasteiger partial charge in [0.25, 0.3) is 5.91 Å². The Balaban J connectivity index is 1.68. The molecule has 0 unspecified atom stereocenters. The van der Waals surface area contributed by atoms with E-state index in [9.17, 15) is 10.1 Å². The van der Waals surface area contributed by atoms with Crippen LogP contribution in [0.4, 0.5) is 0 Å². The first-order valence-corrected chi connectivity index (χ1v) is 8.78. The maximum atomic E-state index is 12.2. The molecule has 3 aromatic rings. The third-order valence-corrected chi connectivity index (χ3v) is 4.20. The van der Waals surface area contributed by atoms with Gasteiger partial charge in [-0.1, -0.05) is 48.5 Å². The van der Waals surface area contributed by atoms with Crippen molar-refractivity contribution in [1.82, 2.24) is 5.43 Å². The number of aryl methyl sites for hydroxylation is 1. The number of hydrazone groups is 1. The number of hydrogen-bond acceptors (Lipinski definition) is 4. The van der Waals surface area contributed by atoms with Crippen molar-refractivity contribution in [3.05, 3.63) is 101 Å². The van der Waals surface area contributed by atoms with E-state index < -0.39 is 0 Å². The quantitative estimate of drug-likeness (QED) is 0.522. The fraction of sp³-hybridized carbons (Fsp3) is 0.0870. The maximum absolute atomic E-state index is 12.2. The van der Waals surface area contributed by atoms with Crippen LogP contribution in [-0.4, -0.2) is 12.1 Å². The molecule has 0 radical (unpaired) electrons. The van der Waals surface area contributed by atoms with Gasteiger partial charge in [-0.3, -0.25) is 4.79 Å². The molecule has 0 saturated heterocycles. The summed E-state index contributed by atoms with van der Waals surface area (Å²) >= 11 is 0. The molecule has 0 saturated carbocycles. The summed E-state index contributed by atoms with van der Waals surface area (Å²) in [4.78, 5) is 12.2. The maximum Gasteiger partial charge on any atom is 0.271 e. The summed E-state index contributed by atoms with van der Waals surface area (Å²) < 4.78 is 5.87. The number of hydrogen-bond donors (Lipinski definition) is 1. The molecule has 28 heavy (non-hydrogen) atoms. The number of rotatable bonds is 6. The molecule has 0 heterocycles. The lowest BCUT2D eigenvalue weighted by molar-refractivity contribution is 0.0954. The van der Waals surface area contributed by atoms with Gasteiger partial charge in [-0.05, 0) is 36.8 Å². The summed E-state index contributed by atoms with van der Waals surface area (Å²) in [6.07, 6.45) is 1.54. The molecule has 0 atom stereocenters. The Morgan fingerprint density at radius 2 is 1.79 bits per heavy atom. The summed E-state index contributed by atoms with van der Waals surface area (Å²) in [5.74, 6) is 0.347. The highest BCUT2D eigenvalue weighted by Crippen LogP contribution is 2.18. The molecule has 0 aliphatic rings. The fourth-order valence-electron chi connectivity index (χ4n) is 2.68. The van der Waals surface area contributed by atoms with Gasteiger partial charge in [0.2, 0.25) is 0 Å². The van der Waals surface area contributed by atoms with Gasteiger partial charge in [-0.15, -0.1) is 0 Å². The van der Waals surface area contributed by atoms with Gasteiger partial charge in [-0.25, -0.2) is 5.43 Å². The second-order valence-electron chi connectivity index (χ2n) is 6.11. The van der Waals surface area contributed by atoms with Crippen LogP contribution in [0.5, 0.6) is 5.75 Å². The Morgan fingerprint density at radius 1 is 1.07 bits per heavy atom. The molecule has 0 fully saturated rings. The highest BCUT2D eigenvalue weighted by atomic mass is 16.5. The van der Waals surface area contributed by atoms with Crippen molar-refractivity contribution < 1.29 is 9.53 Å². The van der Waals surface area contributed by atoms with Crippen LogP contribution in [-0.2, 0) is 6.61 Å². The third kappa shape index (κ3) is 4.63. The number of amides is 1. The molecule has 0 aromatic heterocycles. The third-order valence-electron chi connectivity index (χ3n) is 4.20. The molecule has 3 rings (SSSR count). The van der Waals surface area contributed by atoms with Crippen molar-refractivity contribution in [1.29, 1.82) is 5.26 Å². The number of nitrogens with zero attached hydrogens (tertiary/aromatic N) is 2. The van der Waals surface area contributed by atoms with E-state index in [0.29, 0.717) is 16.9 Å². The molecule has 1 amide bonds. The number of nitriles is 1. The van der Waals surface area contributed by atoms with Crippen LogP contribution in [0.2, 0.25) is 0 Å². The minimum absolute atomic E-state index is 0.268. The minimum atomic E-state index is -0.268. The molecule has 138 valence electrons. The zero-order valence-electron chi connectivity index (χ0n) is 15.4. The number of ether oxygens (including phenoxy) is 1. The molecular formula is C23H19N3O2. The monoisotopic (exact) mass is 369 g/mol. The van der Waals surface area contributed by atoms with Crippen LogP contribution in [0.1, 0.15) is 32.6 Å². The van der Waals surface area contributed by atoms with Crippen LogP contribution >= 0.6 is 0 Å². The molecule has 0 bridgehead atoms. The van der Waals surface area contributed by atoms with Gasteiger partial charge in [0.05, 0.1) is 17.8 Å². The highest BCUT2D eigenvalue weighted by molar-refractivity contribution is 5.96. The van der Waals surface area contributed by atoms with Crippen molar-refractivity contribution in [2.45, 2.75) is 13.5 Å². The zero-order valence-corrected chi connectivity index (χ0v) is 15.4. The van der Waals surface area contributed by atoms with Crippen molar-refractivity contribution in [2.75, 3.05) is 0 Å². The average molecular weight is 369 g/mol. The van der Waals surface area contributed by atoms with Crippen LogP contribution in [0.25, 0.3) is 0 Å². The number of benzene rings is 3. The summed E-state index contributed by atoms with van der Waals surface area (Å²) in [5, 5.41) is 13.2. The number of nitrogens with one attached hydrogen (secondary N) is 1. The number of para-hydroxylation sites is 1. The lowest BCUT2D eigenvalue weighted by Crippen LogP contribution is -2.18. The van der Waals surface area contributed by atoms with Crippen molar-refractivity contribution >= 4 is 12.1 Å². The molecule has 0 spiro atoms. The van der Waals surface area contributed by atoms with Gasteiger partial charge >= 0.3 is 0 Å². The van der Waals surface area contributed by atoms with Gasteiger partial charge in [0, 0.05) is 16.7 Å². The lowest BCUT2D eigenvalue weighted by Gasteiger charge is -2.10. The average Bonchev–Trinajstić information content (AvgIpc) is 2.73. The molecule has 0 aliphatic heterocycles. The molecule has 5 heteroatoms. The first kappa shape index (κ1) is 18.9. The first-order valence-electron chi connectivity index (χ1n) is 8.78. The topological polar surface area (TPSA) is 74.5 Å². The van der Waals surface area contributed by atoms with Gasteiger partial charge in [0.1, 0.15) is 12.4 Å². The van der Waals surface area contributed by atoms with Crippen molar-refractivity contribution in [3.63, 3.8) is 0 Å². The van der Waals surface area contributed by atoms with Crippen LogP contribution in [0, 0.1) is 18.3 Å². The molecule has 3 aromatic carbocycles. The molecular weight excluding hydrogens is 350 g/mol. The second kappa shape index (κ2) is 9.15. The van der Waals surface area contributed by atoms with E-state index in [4.69, 9.17) is 4.74 Å². The Labute approximate surface area is 163 Å². The first-order chi connectivity index (χ1) is 13.7. The van der Waals surface area contributed by atoms with E-state index in [0.717, 1.165) is 16.7 Å². The fourth-order valence-corrected chi connectivity index (χ4v) is 2.68. The lowest BCUT2D eigenvalue weighted by atomic mass is 10.1. The standard InChI is InChI=1S/C23H19N3O2/c1-17-8-2-6-12-21(17)23(27)26-25-15-19-10-5-7-13-22(19)28-16-20-11-4-3-9-18(20)14-24/h2-13,15H,16H2,1H3,(H,26,27)/b25-15-. The van der Waals surface area contributed by atoms with E-state index in [1.54, 1.807) is 18.3 Å². The van der Waals surface area contributed by atoms with Crippen molar-refractivity contribution in [3.8, 4) is 11.8 Å². The van der Waals surface area contributed by atoms with E-state index in [2.05, 4.69) is 16.6 Å². The molecule has 1 N–H and O–H groups in total. The largest absolute Gasteiger partial charge is 0.488 e. The van der Waals surface area contributed by atoms with E-state index in [-0.39, 0.29) is 12.5 Å². The van der Waals surface area contributed by atoms with Gasteiger partial charge in [-0.2, -0.15) is 10.4 Å². The summed E-state index contributed by atoms with van der Waals surface area (Å²) in [7, 11) is 0. The van der Waals surface area contributed by atoms with E-state index in [1.165, 1.54) is 0 Å². The SMILES string of the molecule is Cc1ccccc1C(=O)N/N=C\c1ccccc1OCc1ccccc1C#N. The van der Waals surface area contributed by atoms with Crippen molar-refractivity contribution in [2.24, 2.45) is 5.10 Å². The number of carbonyl (C=O) groups excluding carboxylic acids is 1. The minimum Gasteiger partial charge on any atom is -0.488 e. The van der Waals surface area contributed by atoms with Gasteiger partial charge < -0.3 is 4.74 Å². The van der Waals surface area contributed by atoms with Crippen LogP contribution in [0.15, 0.2) is 77.9 Å². The van der Waals surface area contributed by atoms with E-state index in [1.807, 2.05) is 67.6 Å². The molecule has 5 nitrogen and oxygen atoms in total. The Morgan fingerprint density at radius 3 is 2.61 bits per heavy atom. The van der Waals surface area contributed by atoms with Gasteiger partial charge in [0.15, 0.2) is 0 Å². The summed E-state index contributed by atoms with van der Waals surface area (Å²) in [6.45, 7) is 2.14. The zero-order chi connectivity index (χ0) is 19.8. The predicted molar refractivity (Wildman–Crippen MR) is 108 cm³/mol. The Kier molecular flexibility index (Phi) is 6.17. The molecule has 0 aliphatic carbocycles. The Hall–Kier alpha value is -3.91. The Bertz CT molecular complexity index is 1050. The summed E-state index contributed by atoms with van der Waals surface area (Å²) in [6, 6.07) is 24.2. The normalized spacial score (nSPS) is 10.4. The predicted octanol–water partition coefficient (Wildman–Crippen LogP) is 4.21. The highest BCUT2D eigenvalue weighted by Gasteiger charge is 2.07. The second-order valence-corrected chi connectivity index (χ2v) is 6.11.